The van der Waals surface area contributed by atoms with Gasteiger partial charge >= 0.3 is 0 Å². The lowest BCUT2D eigenvalue weighted by Gasteiger charge is -2.13. The average molecular weight is 508 g/mol. The summed E-state index contributed by atoms with van der Waals surface area (Å²) in [6, 6.07) is 14.6. The molecular weight excluding hydrogens is 483 g/mol. The van der Waals surface area contributed by atoms with Gasteiger partial charge in [-0.2, -0.15) is 0 Å². The molecule has 7 nitrogen and oxygen atoms in total. The maximum absolute atomic E-state index is 12.3. The van der Waals surface area contributed by atoms with E-state index < -0.39 is 0 Å². The van der Waals surface area contributed by atoms with Crippen LogP contribution in [0.3, 0.4) is 0 Å². The predicted molar refractivity (Wildman–Crippen MR) is 124 cm³/mol. The number of hydrogen-bond acceptors (Lipinski definition) is 4. The largest absolute Gasteiger partial charge is 0.380 e. The van der Waals surface area contributed by atoms with Crippen LogP contribution in [0.5, 0.6) is 0 Å². The Morgan fingerprint density at radius 3 is 2.31 bits per heavy atom. The van der Waals surface area contributed by atoms with Crippen molar-refractivity contribution in [1.82, 2.24) is 4.90 Å². The zero-order chi connectivity index (χ0) is 19.9. The van der Waals surface area contributed by atoms with Crippen LogP contribution in [0.25, 0.3) is 0 Å². The van der Waals surface area contributed by atoms with Crippen LogP contribution in [0.4, 0.5) is 5.69 Å². The number of hydrogen-bond donors (Lipinski definition) is 2. The Bertz CT molecular complexity index is 866. The second-order valence-electron chi connectivity index (χ2n) is 6.50. The Kier molecular flexibility index (Phi) is 8.59. The second-order valence-corrected chi connectivity index (χ2v) is 6.50. The molecule has 154 valence electrons. The van der Waals surface area contributed by atoms with Gasteiger partial charge in [0.25, 0.3) is 11.8 Å². The van der Waals surface area contributed by atoms with E-state index in [1.165, 1.54) is 4.90 Å². The maximum Gasteiger partial charge on any atom is 0.261 e. The van der Waals surface area contributed by atoms with Crippen LogP contribution in [0.1, 0.15) is 39.1 Å². The number of nitrogens with one attached hydrogen (secondary N) is 1. The summed E-state index contributed by atoms with van der Waals surface area (Å²) in [6.45, 7) is 1.37. The van der Waals surface area contributed by atoms with Gasteiger partial charge in [0, 0.05) is 31.5 Å². The monoisotopic (exact) mass is 508 g/mol. The molecule has 0 atom stereocenters. The van der Waals surface area contributed by atoms with E-state index in [0.717, 1.165) is 17.7 Å². The number of guanidine groups is 1. The lowest BCUT2D eigenvalue weighted by atomic mass is 10.1. The number of imide groups is 1. The number of carbonyl (C=O) groups excluding carboxylic acids is 2. The number of aliphatic imine (C=N–C) groups is 1. The summed E-state index contributed by atoms with van der Waals surface area (Å²) in [4.78, 5) is 30.2. The molecule has 0 saturated heterocycles. The Morgan fingerprint density at radius 1 is 1.03 bits per heavy atom. The fourth-order valence-corrected chi connectivity index (χ4v) is 3.12. The topological polar surface area (TPSA) is 97.0 Å². The van der Waals surface area contributed by atoms with Gasteiger partial charge in [-0.25, -0.2) is 0 Å². The van der Waals surface area contributed by atoms with Gasteiger partial charge in [-0.1, -0.05) is 30.3 Å². The normalized spacial score (nSPS) is 13.3. The summed E-state index contributed by atoms with van der Waals surface area (Å²) in [5.41, 5.74) is 8.77. The molecule has 3 rings (SSSR count). The van der Waals surface area contributed by atoms with Crippen molar-refractivity contribution in [3.63, 3.8) is 0 Å². The van der Waals surface area contributed by atoms with E-state index >= 15 is 0 Å². The summed E-state index contributed by atoms with van der Waals surface area (Å²) < 4.78 is 5.17. The van der Waals surface area contributed by atoms with Gasteiger partial charge in [0.05, 0.1) is 17.7 Å². The first-order valence-electron chi connectivity index (χ1n) is 9.21. The molecule has 0 aromatic heterocycles. The number of carbonyl (C=O) groups is 2. The summed E-state index contributed by atoms with van der Waals surface area (Å²) in [7, 11) is 1.64. The molecule has 29 heavy (non-hydrogen) atoms. The zero-order valence-corrected chi connectivity index (χ0v) is 18.6. The number of unbranched alkanes of at least 4 members (excludes halogenated alkanes) is 1. The Balaban J connectivity index is 0.00000300. The highest BCUT2D eigenvalue weighted by Gasteiger charge is 2.34. The van der Waals surface area contributed by atoms with E-state index in [4.69, 9.17) is 10.5 Å². The minimum atomic E-state index is -0.222. The summed E-state index contributed by atoms with van der Waals surface area (Å²) in [5.74, 6) is -0.121. The molecule has 2 aromatic carbocycles. The van der Waals surface area contributed by atoms with E-state index in [9.17, 15) is 9.59 Å². The predicted octanol–water partition coefficient (Wildman–Crippen LogP) is 3.25. The van der Waals surface area contributed by atoms with Crippen LogP contribution in [0.15, 0.2) is 53.5 Å². The van der Waals surface area contributed by atoms with Crippen molar-refractivity contribution in [1.29, 1.82) is 0 Å². The van der Waals surface area contributed by atoms with Gasteiger partial charge in [-0.05, 0) is 31.0 Å². The summed E-state index contributed by atoms with van der Waals surface area (Å²) in [6.07, 6.45) is 1.39. The molecule has 2 aromatic rings. The third kappa shape index (κ3) is 5.54. The Morgan fingerprint density at radius 2 is 1.66 bits per heavy atom. The van der Waals surface area contributed by atoms with E-state index in [-0.39, 0.29) is 35.8 Å². The first kappa shape index (κ1) is 22.8. The molecule has 3 N–H and O–H groups in total. The maximum atomic E-state index is 12.3. The molecule has 0 fully saturated rings. The number of halogens is 1. The molecule has 0 saturated carbocycles. The smallest absolute Gasteiger partial charge is 0.261 e. The van der Waals surface area contributed by atoms with Crippen LogP contribution in [0.2, 0.25) is 0 Å². The highest BCUT2D eigenvalue weighted by molar-refractivity contribution is 14.0. The number of ether oxygens (including phenoxy) is 1. The molecule has 2 amide bonds. The van der Waals surface area contributed by atoms with E-state index in [0.29, 0.717) is 43.2 Å². The summed E-state index contributed by atoms with van der Waals surface area (Å²) in [5, 5.41) is 3.08. The van der Waals surface area contributed by atoms with Crippen LogP contribution in [0, 0.1) is 0 Å². The lowest BCUT2D eigenvalue weighted by molar-refractivity contribution is 0.0652. The number of fused-ring (bicyclic) bond motifs is 1. The van der Waals surface area contributed by atoms with Crippen molar-refractivity contribution in [2.75, 3.05) is 25.5 Å². The molecule has 1 heterocycles. The molecular formula is C21H25IN4O3. The minimum Gasteiger partial charge on any atom is -0.380 e. The molecule has 0 aliphatic carbocycles. The first-order chi connectivity index (χ1) is 13.6. The quantitative estimate of drug-likeness (QED) is 0.188. The number of benzene rings is 2. The minimum absolute atomic E-state index is 0. The van der Waals surface area contributed by atoms with Crippen molar-refractivity contribution in [2.24, 2.45) is 10.7 Å². The first-order valence-corrected chi connectivity index (χ1v) is 9.21. The number of nitrogens with zero attached hydrogens (tertiary/aromatic N) is 2. The molecule has 1 aliphatic heterocycles. The van der Waals surface area contributed by atoms with Crippen molar-refractivity contribution < 1.29 is 14.3 Å². The Hall–Kier alpha value is -2.46. The number of anilines is 1. The van der Waals surface area contributed by atoms with Gasteiger partial charge in [0.1, 0.15) is 0 Å². The van der Waals surface area contributed by atoms with Crippen LogP contribution in [-0.4, -0.2) is 42.9 Å². The molecule has 0 unspecified atom stereocenters. The van der Waals surface area contributed by atoms with Gasteiger partial charge in [0.15, 0.2) is 5.96 Å². The molecule has 0 radical (unpaired) electrons. The van der Waals surface area contributed by atoms with Crippen molar-refractivity contribution in [3.05, 3.63) is 65.2 Å². The number of amides is 2. The van der Waals surface area contributed by atoms with Crippen LogP contribution >= 0.6 is 24.0 Å². The van der Waals surface area contributed by atoms with Gasteiger partial charge in [-0.3, -0.25) is 19.5 Å². The SMILES string of the molecule is COCc1ccccc1NC(N)=NCCCCN1C(=O)c2ccccc2C1=O.I. The van der Waals surface area contributed by atoms with Crippen LogP contribution in [-0.2, 0) is 11.3 Å². The summed E-state index contributed by atoms with van der Waals surface area (Å²) >= 11 is 0. The molecule has 0 spiro atoms. The number of methoxy groups -OCH3 is 1. The van der Waals surface area contributed by atoms with Gasteiger partial charge < -0.3 is 15.8 Å². The van der Waals surface area contributed by atoms with E-state index in [2.05, 4.69) is 10.3 Å². The molecule has 8 heteroatoms. The van der Waals surface area contributed by atoms with E-state index in [1.807, 2.05) is 24.3 Å². The van der Waals surface area contributed by atoms with E-state index in [1.54, 1.807) is 31.4 Å². The van der Waals surface area contributed by atoms with Crippen LogP contribution < -0.4 is 11.1 Å². The number of para-hydroxylation sites is 1. The molecule has 0 bridgehead atoms. The standard InChI is InChI=1S/C21H24N4O3.HI/c1-28-14-15-8-2-5-11-18(15)24-21(22)23-12-6-7-13-25-19(26)16-9-3-4-10-17(16)20(25)27;/h2-5,8-11H,6-7,12-14H2,1H3,(H3,22,23,24);1H. The highest BCUT2D eigenvalue weighted by atomic mass is 127. The second kappa shape index (κ2) is 10.9. The molecule has 1 aliphatic rings. The average Bonchev–Trinajstić information content (AvgIpc) is 2.94. The van der Waals surface area contributed by atoms with Gasteiger partial charge in [-0.15, -0.1) is 24.0 Å². The Labute approximate surface area is 187 Å². The fourth-order valence-electron chi connectivity index (χ4n) is 3.12. The van der Waals surface area contributed by atoms with Gasteiger partial charge in [0.2, 0.25) is 0 Å². The van der Waals surface area contributed by atoms with Crippen molar-refractivity contribution in [2.45, 2.75) is 19.4 Å². The number of rotatable bonds is 8. The van der Waals surface area contributed by atoms with Crippen molar-refractivity contribution in [3.8, 4) is 0 Å². The third-order valence-corrected chi connectivity index (χ3v) is 4.53. The highest BCUT2D eigenvalue weighted by Crippen LogP contribution is 2.22. The third-order valence-electron chi connectivity index (χ3n) is 4.53. The lowest BCUT2D eigenvalue weighted by Crippen LogP contribution is -2.30. The zero-order valence-electron chi connectivity index (χ0n) is 16.3. The number of nitrogens with two attached hydrogens (primary N) is 1. The van der Waals surface area contributed by atoms with Crippen molar-refractivity contribution >= 4 is 47.4 Å². The fraction of sp³-hybridized carbons (Fsp3) is 0.286.